The number of aliphatic hydroxyl groups is 1. The van der Waals surface area contributed by atoms with Crippen molar-refractivity contribution in [3.63, 3.8) is 0 Å². The van der Waals surface area contributed by atoms with Crippen LogP contribution in [-0.2, 0) is 0 Å². The molecular weight excluding hydrogens is 160 g/mol. The Bertz CT molecular complexity index is 234. The molecule has 0 heterocycles. The van der Waals surface area contributed by atoms with Crippen molar-refractivity contribution in [2.45, 2.75) is 40.0 Å². The van der Waals surface area contributed by atoms with E-state index in [1.165, 1.54) is 30.4 Å². The van der Waals surface area contributed by atoms with Crippen LogP contribution in [0.5, 0.6) is 0 Å². The minimum Gasteiger partial charge on any atom is -0.392 e. The average Bonchev–Trinajstić information content (AvgIpc) is 2.02. The molecule has 0 atom stereocenters. The van der Waals surface area contributed by atoms with Gasteiger partial charge >= 0.3 is 0 Å². The van der Waals surface area contributed by atoms with Crippen LogP contribution in [0.1, 0.15) is 40.0 Å². The summed E-state index contributed by atoms with van der Waals surface area (Å²) < 4.78 is 0. The highest BCUT2D eigenvalue weighted by atomic mass is 16.2. The van der Waals surface area contributed by atoms with Crippen molar-refractivity contribution in [1.29, 1.82) is 0 Å². The lowest BCUT2D eigenvalue weighted by Crippen LogP contribution is -2.19. The molecule has 0 aromatic rings. The van der Waals surface area contributed by atoms with Gasteiger partial charge in [0.25, 0.3) is 0 Å². The quantitative estimate of drug-likeness (QED) is 0.692. The molecule has 0 amide bonds. The van der Waals surface area contributed by atoms with Crippen molar-refractivity contribution in [1.82, 2.24) is 0 Å². The second-order valence-corrected chi connectivity index (χ2v) is 4.52. The van der Waals surface area contributed by atoms with E-state index in [9.17, 15) is 0 Å². The molecule has 13 heavy (non-hydrogen) atoms. The largest absolute Gasteiger partial charge is 0.392 e. The molecule has 0 unspecified atom stereocenters. The van der Waals surface area contributed by atoms with Crippen LogP contribution in [-0.4, -0.2) is 11.7 Å². The third-order valence-corrected chi connectivity index (χ3v) is 2.93. The molecule has 0 aromatic carbocycles. The summed E-state index contributed by atoms with van der Waals surface area (Å²) in [4.78, 5) is 0. The lowest BCUT2D eigenvalue weighted by molar-refractivity contribution is 0.341. The number of hydrogen-bond acceptors (Lipinski definition) is 1. The first-order chi connectivity index (χ1) is 6.08. The highest BCUT2D eigenvalue weighted by molar-refractivity contribution is 5.32. The van der Waals surface area contributed by atoms with Crippen LogP contribution < -0.4 is 0 Å². The maximum Gasteiger partial charge on any atom is 0.0615 e. The van der Waals surface area contributed by atoms with Crippen LogP contribution in [0, 0.1) is 5.41 Å². The Hall–Kier alpha value is -0.560. The van der Waals surface area contributed by atoms with E-state index >= 15 is 0 Å². The summed E-state index contributed by atoms with van der Waals surface area (Å²) in [5.41, 5.74) is 3.21. The van der Waals surface area contributed by atoms with Crippen molar-refractivity contribution in [3.8, 4) is 0 Å². The zero-order chi connectivity index (χ0) is 9.90. The summed E-state index contributed by atoms with van der Waals surface area (Å²) in [5.74, 6) is 0. The van der Waals surface area contributed by atoms with Gasteiger partial charge in [-0.05, 0) is 37.2 Å². The van der Waals surface area contributed by atoms with Gasteiger partial charge in [-0.1, -0.05) is 31.6 Å². The predicted octanol–water partition coefficient (Wildman–Crippen LogP) is 3.06. The summed E-state index contributed by atoms with van der Waals surface area (Å²) in [5, 5.41) is 8.74. The van der Waals surface area contributed by atoms with Gasteiger partial charge in [0.1, 0.15) is 0 Å². The van der Waals surface area contributed by atoms with Crippen molar-refractivity contribution in [2.24, 2.45) is 5.41 Å². The summed E-state index contributed by atoms with van der Waals surface area (Å²) in [6.07, 6.45) is 7.71. The van der Waals surface area contributed by atoms with Gasteiger partial charge in [-0.15, -0.1) is 0 Å². The van der Waals surface area contributed by atoms with Crippen LogP contribution in [0.25, 0.3) is 0 Å². The lowest BCUT2D eigenvalue weighted by atomic mass is 9.73. The van der Waals surface area contributed by atoms with E-state index in [-0.39, 0.29) is 6.61 Å². The summed E-state index contributed by atoms with van der Waals surface area (Å²) in [6, 6.07) is 0. The molecule has 0 spiro atoms. The molecule has 1 nitrogen and oxygen atoms in total. The molecule has 0 saturated carbocycles. The van der Waals surface area contributed by atoms with Gasteiger partial charge in [-0.2, -0.15) is 0 Å². The molecule has 74 valence electrons. The maximum atomic E-state index is 8.74. The Morgan fingerprint density at radius 2 is 2.15 bits per heavy atom. The lowest BCUT2D eigenvalue weighted by Gasteiger charge is -2.32. The molecule has 0 saturated heterocycles. The third-order valence-electron chi connectivity index (χ3n) is 2.93. The van der Waals surface area contributed by atoms with Gasteiger partial charge in [-0.3, -0.25) is 0 Å². The second kappa shape index (κ2) is 4.10. The number of allylic oxidation sites excluding steroid dienone is 3. The summed E-state index contributed by atoms with van der Waals surface area (Å²) in [6.45, 7) is 6.92. The first-order valence-corrected chi connectivity index (χ1v) is 5.05. The average molecular weight is 180 g/mol. The molecule has 1 aliphatic carbocycles. The SMILES string of the molecule is CC1=C(/C=C\CO)C(C)(C)CCC1. The molecule has 0 bridgehead atoms. The highest BCUT2D eigenvalue weighted by Crippen LogP contribution is 2.40. The Morgan fingerprint density at radius 1 is 1.46 bits per heavy atom. The molecule has 0 radical (unpaired) electrons. The molecule has 0 aromatic heterocycles. The van der Waals surface area contributed by atoms with E-state index in [0.717, 1.165) is 0 Å². The first-order valence-electron chi connectivity index (χ1n) is 5.05. The Balaban J connectivity index is 2.91. The minimum atomic E-state index is 0.146. The zero-order valence-electron chi connectivity index (χ0n) is 8.93. The highest BCUT2D eigenvalue weighted by Gasteiger charge is 2.26. The van der Waals surface area contributed by atoms with Gasteiger partial charge in [-0.25, -0.2) is 0 Å². The third kappa shape index (κ3) is 2.44. The van der Waals surface area contributed by atoms with Gasteiger partial charge in [0.2, 0.25) is 0 Å². The predicted molar refractivity (Wildman–Crippen MR) is 56.6 cm³/mol. The number of aliphatic hydroxyl groups excluding tert-OH is 1. The fourth-order valence-corrected chi connectivity index (χ4v) is 2.18. The van der Waals surface area contributed by atoms with Crippen LogP contribution in [0.2, 0.25) is 0 Å². The van der Waals surface area contributed by atoms with E-state index in [1.54, 1.807) is 0 Å². The van der Waals surface area contributed by atoms with E-state index in [1.807, 2.05) is 6.08 Å². The van der Waals surface area contributed by atoms with E-state index < -0.39 is 0 Å². The van der Waals surface area contributed by atoms with Crippen molar-refractivity contribution in [3.05, 3.63) is 23.3 Å². The van der Waals surface area contributed by atoms with Gasteiger partial charge in [0.05, 0.1) is 6.61 Å². The molecular formula is C12H20O. The Labute approximate surface area is 81.2 Å². The number of hydrogen-bond donors (Lipinski definition) is 1. The smallest absolute Gasteiger partial charge is 0.0615 e. The van der Waals surface area contributed by atoms with E-state index in [0.29, 0.717) is 5.41 Å². The standard InChI is InChI=1S/C12H20O/c1-10-6-4-8-12(2,3)11(10)7-5-9-13/h5,7,13H,4,6,8-9H2,1-3H3/b7-5-. The van der Waals surface area contributed by atoms with Crippen LogP contribution >= 0.6 is 0 Å². The number of rotatable bonds is 2. The molecule has 1 heteroatoms. The van der Waals surface area contributed by atoms with Crippen molar-refractivity contribution in [2.75, 3.05) is 6.61 Å². The summed E-state index contributed by atoms with van der Waals surface area (Å²) in [7, 11) is 0. The van der Waals surface area contributed by atoms with Crippen LogP contribution in [0.4, 0.5) is 0 Å². The topological polar surface area (TPSA) is 20.2 Å². The molecule has 1 N–H and O–H groups in total. The molecule has 0 fully saturated rings. The Morgan fingerprint density at radius 3 is 2.69 bits per heavy atom. The first kappa shape index (κ1) is 10.5. The Kier molecular flexibility index (Phi) is 3.32. The minimum absolute atomic E-state index is 0.146. The monoisotopic (exact) mass is 180 g/mol. The molecule has 1 rings (SSSR count). The van der Waals surface area contributed by atoms with Crippen molar-refractivity contribution >= 4 is 0 Å². The van der Waals surface area contributed by atoms with E-state index in [2.05, 4.69) is 26.8 Å². The molecule has 0 aliphatic heterocycles. The fourth-order valence-electron chi connectivity index (χ4n) is 2.18. The van der Waals surface area contributed by atoms with Crippen LogP contribution in [0.15, 0.2) is 23.3 Å². The van der Waals surface area contributed by atoms with E-state index in [4.69, 9.17) is 5.11 Å². The second-order valence-electron chi connectivity index (χ2n) is 4.52. The van der Waals surface area contributed by atoms with Crippen molar-refractivity contribution < 1.29 is 5.11 Å². The fraction of sp³-hybridized carbons (Fsp3) is 0.667. The molecule has 1 aliphatic rings. The summed E-state index contributed by atoms with van der Waals surface area (Å²) >= 11 is 0. The van der Waals surface area contributed by atoms with Gasteiger partial charge < -0.3 is 5.11 Å². The maximum absolute atomic E-state index is 8.74. The zero-order valence-corrected chi connectivity index (χ0v) is 8.93. The van der Waals surface area contributed by atoms with Crippen LogP contribution in [0.3, 0.4) is 0 Å². The normalized spacial score (nSPS) is 22.8. The van der Waals surface area contributed by atoms with Gasteiger partial charge in [0, 0.05) is 0 Å². The van der Waals surface area contributed by atoms with Gasteiger partial charge in [0.15, 0.2) is 0 Å².